The van der Waals surface area contributed by atoms with Crippen molar-refractivity contribution in [2.45, 2.75) is 45.2 Å². The molecule has 1 aromatic rings. The lowest BCUT2D eigenvalue weighted by Gasteiger charge is -2.34. The van der Waals surface area contributed by atoms with Crippen molar-refractivity contribution in [2.24, 2.45) is 11.7 Å². The van der Waals surface area contributed by atoms with Crippen LogP contribution in [0.1, 0.15) is 43.7 Å². The molecule has 110 valence electrons. The lowest BCUT2D eigenvalue weighted by Crippen LogP contribution is -2.35. The monoisotopic (exact) mass is 310 g/mol. The second kappa shape index (κ2) is 6.88. The molecular weight excluding hydrogens is 288 g/mol. The molecule has 1 fully saturated rings. The Morgan fingerprint density at radius 1 is 1.45 bits per heavy atom. The fourth-order valence-corrected chi connectivity index (χ4v) is 3.40. The summed E-state index contributed by atoms with van der Waals surface area (Å²) in [5, 5.41) is 0.756. The van der Waals surface area contributed by atoms with Crippen molar-refractivity contribution in [3.63, 3.8) is 0 Å². The van der Waals surface area contributed by atoms with Gasteiger partial charge in [-0.2, -0.15) is 0 Å². The van der Waals surface area contributed by atoms with E-state index in [0.717, 1.165) is 28.6 Å². The summed E-state index contributed by atoms with van der Waals surface area (Å²) in [4.78, 5) is 2.82. The van der Waals surface area contributed by atoms with Crippen molar-refractivity contribution in [3.05, 3.63) is 34.3 Å². The molecule has 0 saturated heterocycles. The minimum atomic E-state index is 0.396. The Morgan fingerprint density at radius 3 is 2.80 bits per heavy atom. The minimum absolute atomic E-state index is 0.396. The van der Waals surface area contributed by atoms with Gasteiger partial charge in [-0.15, -0.1) is 0 Å². The van der Waals surface area contributed by atoms with Gasteiger partial charge in [0.25, 0.3) is 0 Å². The van der Waals surface area contributed by atoms with Gasteiger partial charge in [-0.05, 0) is 37.4 Å². The predicted molar refractivity (Wildman–Crippen MR) is 90.2 cm³/mol. The fourth-order valence-electron chi connectivity index (χ4n) is 3.03. The number of rotatable bonds is 4. The van der Waals surface area contributed by atoms with Gasteiger partial charge in [0.2, 0.25) is 0 Å². The molecule has 2 nitrogen and oxygen atoms in total. The Morgan fingerprint density at radius 2 is 2.20 bits per heavy atom. The Bertz CT molecular complexity index is 489. The average Bonchev–Trinajstić information content (AvgIpc) is 2.40. The van der Waals surface area contributed by atoms with Crippen LogP contribution in [0.5, 0.6) is 0 Å². The quantitative estimate of drug-likeness (QED) is 0.853. The van der Waals surface area contributed by atoms with Gasteiger partial charge >= 0.3 is 0 Å². The number of thiocarbonyl (C=S) groups is 1. The van der Waals surface area contributed by atoms with E-state index in [1.54, 1.807) is 0 Å². The van der Waals surface area contributed by atoms with Crippen LogP contribution in [0.25, 0.3) is 0 Å². The molecular formula is C16H23ClN2S. The van der Waals surface area contributed by atoms with E-state index in [1.807, 2.05) is 18.2 Å². The van der Waals surface area contributed by atoms with E-state index in [1.165, 1.54) is 25.7 Å². The molecule has 0 radical (unpaired) electrons. The number of halogens is 1. The maximum absolute atomic E-state index is 6.34. The summed E-state index contributed by atoms with van der Waals surface area (Å²) in [5.41, 5.74) is 7.61. The Hall–Kier alpha value is -0.640. The molecule has 2 N–H and O–H groups in total. The van der Waals surface area contributed by atoms with Gasteiger partial charge in [0.05, 0.1) is 0 Å². The summed E-state index contributed by atoms with van der Waals surface area (Å²) >= 11 is 11.3. The lowest BCUT2D eigenvalue weighted by molar-refractivity contribution is 0.158. The van der Waals surface area contributed by atoms with E-state index < -0.39 is 0 Å². The fraction of sp³-hybridized carbons (Fsp3) is 0.562. The second-order valence-corrected chi connectivity index (χ2v) is 6.86. The molecule has 2 rings (SSSR count). The Balaban J connectivity index is 2.03. The molecule has 0 heterocycles. The molecule has 0 spiro atoms. The zero-order chi connectivity index (χ0) is 14.7. The number of nitrogens with two attached hydrogens (primary N) is 1. The first kappa shape index (κ1) is 15.7. The van der Waals surface area contributed by atoms with Crippen molar-refractivity contribution in [3.8, 4) is 0 Å². The first-order valence-corrected chi connectivity index (χ1v) is 8.04. The Kier molecular flexibility index (Phi) is 5.42. The number of benzene rings is 1. The third-order valence-corrected chi connectivity index (χ3v) is 4.88. The number of nitrogens with zero attached hydrogens (tertiary/aromatic N) is 1. The van der Waals surface area contributed by atoms with Crippen LogP contribution in [0.2, 0.25) is 5.02 Å². The molecule has 1 aliphatic carbocycles. The molecule has 0 bridgehead atoms. The van der Waals surface area contributed by atoms with E-state index in [9.17, 15) is 0 Å². The summed E-state index contributed by atoms with van der Waals surface area (Å²) in [6.07, 6.45) is 5.29. The zero-order valence-electron chi connectivity index (χ0n) is 12.2. The second-order valence-electron chi connectivity index (χ2n) is 6.01. The molecule has 4 heteroatoms. The smallest absolute Gasteiger partial charge is 0.104 e. The van der Waals surface area contributed by atoms with Crippen LogP contribution in [0.4, 0.5) is 0 Å². The number of hydrogen-bond acceptors (Lipinski definition) is 2. The molecule has 20 heavy (non-hydrogen) atoms. The van der Waals surface area contributed by atoms with Crippen LogP contribution in [0.15, 0.2) is 18.2 Å². The molecule has 0 aromatic heterocycles. The summed E-state index contributed by atoms with van der Waals surface area (Å²) in [6, 6.07) is 6.54. The zero-order valence-corrected chi connectivity index (χ0v) is 13.8. The first-order chi connectivity index (χ1) is 9.47. The van der Waals surface area contributed by atoms with Crippen LogP contribution in [-0.4, -0.2) is 23.0 Å². The van der Waals surface area contributed by atoms with Crippen LogP contribution >= 0.6 is 23.8 Å². The van der Waals surface area contributed by atoms with Crippen molar-refractivity contribution >= 4 is 28.8 Å². The van der Waals surface area contributed by atoms with Crippen LogP contribution in [0.3, 0.4) is 0 Å². The average molecular weight is 311 g/mol. The van der Waals surface area contributed by atoms with E-state index >= 15 is 0 Å². The van der Waals surface area contributed by atoms with E-state index in [2.05, 4.69) is 18.9 Å². The molecule has 0 amide bonds. The van der Waals surface area contributed by atoms with Crippen molar-refractivity contribution in [1.29, 1.82) is 0 Å². The Labute approximate surface area is 132 Å². The molecule has 1 aromatic carbocycles. The summed E-state index contributed by atoms with van der Waals surface area (Å²) < 4.78 is 0. The van der Waals surface area contributed by atoms with Crippen molar-refractivity contribution in [1.82, 2.24) is 4.90 Å². The number of hydrogen-bond donors (Lipinski definition) is 1. The van der Waals surface area contributed by atoms with Crippen molar-refractivity contribution in [2.75, 3.05) is 7.05 Å². The van der Waals surface area contributed by atoms with E-state index in [-0.39, 0.29) is 0 Å². The predicted octanol–water partition coefficient (Wildman–Crippen LogP) is 3.98. The third-order valence-electron chi connectivity index (χ3n) is 4.29. The van der Waals surface area contributed by atoms with Crippen molar-refractivity contribution < 1.29 is 0 Å². The van der Waals surface area contributed by atoms with Gasteiger partial charge in [-0.25, -0.2) is 0 Å². The minimum Gasteiger partial charge on any atom is -0.389 e. The summed E-state index contributed by atoms with van der Waals surface area (Å²) in [6.45, 7) is 3.23. The van der Waals surface area contributed by atoms with E-state index in [0.29, 0.717) is 11.0 Å². The first-order valence-electron chi connectivity index (χ1n) is 7.26. The third kappa shape index (κ3) is 3.94. The summed E-state index contributed by atoms with van der Waals surface area (Å²) in [7, 11) is 2.19. The van der Waals surface area contributed by atoms with Gasteiger partial charge in [0, 0.05) is 23.2 Å². The van der Waals surface area contributed by atoms with Gasteiger partial charge in [-0.1, -0.05) is 55.7 Å². The molecule has 1 aliphatic rings. The largest absolute Gasteiger partial charge is 0.389 e. The molecule has 2 atom stereocenters. The topological polar surface area (TPSA) is 29.3 Å². The highest BCUT2D eigenvalue weighted by Gasteiger charge is 2.22. The summed E-state index contributed by atoms with van der Waals surface area (Å²) in [5.74, 6) is 0.837. The van der Waals surface area contributed by atoms with E-state index in [4.69, 9.17) is 29.6 Å². The molecule has 1 saturated carbocycles. The highest BCUT2D eigenvalue weighted by Crippen LogP contribution is 2.28. The van der Waals surface area contributed by atoms with Gasteiger partial charge in [-0.3, -0.25) is 4.90 Å². The lowest BCUT2D eigenvalue weighted by atomic mass is 9.86. The van der Waals surface area contributed by atoms with Crippen LogP contribution in [0, 0.1) is 5.92 Å². The maximum Gasteiger partial charge on any atom is 0.104 e. The van der Waals surface area contributed by atoms with Crippen LogP contribution < -0.4 is 5.73 Å². The van der Waals surface area contributed by atoms with Crippen LogP contribution in [-0.2, 0) is 6.54 Å². The maximum atomic E-state index is 6.34. The standard InChI is InChI=1S/C16H23ClN2S/c1-11-4-3-5-14(8-11)19(2)10-13-7-6-12(16(18)20)9-15(13)17/h6-7,9,11,14H,3-5,8,10H2,1-2H3,(H2,18,20). The van der Waals surface area contributed by atoms with Gasteiger partial charge in [0.1, 0.15) is 4.99 Å². The highest BCUT2D eigenvalue weighted by atomic mass is 35.5. The highest BCUT2D eigenvalue weighted by molar-refractivity contribution is 7.80. The molecule has 0 aliphatic heterocycles. The molecule has 2 unspecified atom stereocenters. The normalized spacial score (nSPS) is 23.0. The van der Waals surface area contributed by atoms with Gasteiger partial charge in [0.15, 0.2) is 0 Å². The van der Waals surface area contributed by atoms with Gasteiger partial charge < -0.3 is 5.73 Å². The SMILES string of the molecule is CC1CCCC(N(C)Cc2ccc(C(N)=S)cc2Cl)C1.